The van der Waals surface area contributed by atoms with E-state index in [1.54, 1.807) is 6.20 Å². The van der Waals surface area contributed by atoms with Crippen molar-refractivity contribution >= 4 is 17.5 Å². The summed E-state index contributed by atoms with van der Waals surface area (Å²) in [4.78, 5) is 13.2. The fourth-order valence-corrected chi connectivity index (χ4v) is 2.36. The minimum atomic E-state index is 0.591. The summed E-state index contributed by atoms with van der Waals surface area (Å²) < 4.78 is 0. The van der Waals surface area contributed by atoms with Gasteiger partial charge in [-0.05, 0) is 43.2 Å². The molecule has 0 amide bonds. The number of nitrogens with zero attached hydrogens (tertiary/aromatic N) is 3. The van der Waals surface area contributed by atoms with Gasteiger partial charge in [0.1, 0.15) is 5.82 Å². The third-order valence-corrected chi connectivity index (χ3v) is 3.64. The molecule has 0 fully saturated rings. The van der Waals surface area contributed by atoms with E-state index in [9.17, 15) is 0 Å². The summed E-state index contributed by atoms with van der Waals surface area (Å²) in [6.45, 7) is 4.70. The average molecular weight is 319 g/mol. The van der Waals surface area contributed by atoms with Crippen LogP contribution >= 0.6 is 0 Å². The molecule has 2 N–H and O–H groups in total. The SMILES string of the molecule is CCc1ccc(Nc2cc(C)nc(NCc3ccccn3)n2)cc1. The predicted molar refractivity (Wildman–Crippen MR) is 97.4 cm³/mol. The minimum absolute atomic E-state index is 0.591. The van der Waals surface area contributed by atoms with Gasteiger partial charge in [-0.15, -0.1) is 0 Å². The van der Waals surface area contributed by atoms with Crippen molar-refractivity contribution in [2.24, 2.45) is 0 Å². The lowest BCUT2D eigenvalue weighted by molar-refractivity contribution is 0.991. The van der Waals surface area contributed by atoms with Crippen molar-refractivity contribution < 1.29 is 0 Å². The van der Waals surface area contributed by atoms with Crippen LogP contribution in [0.5, 0.6) is 0 Å². The molecule has 5 nitrogen and oxygen atoms in total. The third kappa shape index (κ3) is 4.29. The molecule has 1 aromatic carbocycles. The van der Waals surface area contributed by atoms with Crippen molar-refractivity contribution in [3.05, 3.63) is 71.7 Å². The summed E-state index contributed by atoms with van der Waals surface area (Å²) in [6.07, 6.45) is 2.82. The molecule has 3 rings (SSSR count). The fourth-order valence-electron chi connectivity index (χ4n) is 2.36. The Morgan fingerprint density at radius 2 is 1.83 bits per heavy atom. The summed E-state index contributed by atoms with van der Waals surface area (Å²) in [5.74, 6) is 1.36. The summed E-state index contributed by atoms with van der Waals surface area (Å²) in [6, 6.07) is 16.1. The first kappa shape index (κ1) is 15.9. The summed E-state index contributed by atoms with van der Waals surface area (Å²) in [7, 11) is 0. The Labute approximate surface area is 142 Å². The van der Waals surface area contributed by atoms with E-state index in [1.807, 2.05) is 31.2 Å². The first-order valence-corrected chi connectivity index (χ1v) is 8.08. The molecule has 2 aromatic heterocycles. The van der Waals surface area contributed by atoms with Gasteiger partial charge >= 0.3 is 0 Å². The van der Waals surface area contributed by atoms with Gasteiger partial charge in [0, 0.05) is 23.6 Å². The van der Waals surface area contributed by atoms with Crippen molar-refractivity contribution in [3.63, 3.8) is 0 Å². The van der Waals surface area contributed by atoms with Crippen molar-refractivity contribution in [3.8, 4) is 0 Å². The van der Waals surface area contributed by atoms with Crippen LogP contribution in [0.15, 0.2) is 54.7 Å². The lowest BCUT2D eigenvalue weighted by Gasteiger charge is -2.10. The maximum Gasteiger partial charge on any atom is 0.225 e. The maximum absolute atomic E-state index is 4.53. The van der Waals surface area contributed by atoms with Crippen LogP contribution in [0, 0.1) is 6.92 Å². The van der Waals surface area contributed by atoms with Gasteiger partial charge in [0.05, 0.1) is 12.2 Å². The number of hydrogen-bond donors (Lipinski definition) is 2. The second kappa shape index (κ2) is 7.55. The highest BCUT2D eigenvalue weighted by atomic mass is 15.1. The van der Waals surface area contributed by atoms with Gasteiger partial charge in [0.15, 0.2) is 0 Å². The molecule has 3 aromatic rings. The van der Waals surface area contributed by atoms with Crippen LogP contribution in [0.25, 0.3) is 0 Å². The van der Waals surface area contributed by atoms with E-state index in [1.165, 1.54) is 5.56 Å². The van der Waals surface area contributed by atoms with E-state index in [-0.39, 0.29) is 0 Å². The van der Waals surface area contributed by atoms with Crippen LogP contribution in [-0.2, 0) is 13.0 Å². The molecule has 0 aliphatic rings. The van der Waals surface area contributed by atoms with Crippen LogP contribution < -0.4 is 10.6 Å². The monoisotopic (exact) mass is 319 g/mol. The quantitative estimate of drug-likeness (QED) is 0.716. The van der Waals surface area contributed by atoms with Crippen LogP contribution in [0.1, 0.15) is 23.9 Å². The van der Waals surface area contributed by atoms with Crippen LogP contribution in [-0.4, -0.2) is 15.0 Å². The fraction of sp³-hybridized carbons (Fsp3) is 0.211. The molecule has 0 bridgehead atoms. The number of benzene rings is 1. The van der Waals surface area contributed by atoms with Gasteiger partial charge in [0.2, 0.25) is 5.95 Å². The molecule has 122 valence electrons. The lowest BCUT2D eigenvalue weighted by Crippen LogP contribution is -2.07. The Morgan fingerprint density at radius 3 is 2.54 bits per heavy atom. The third-order valence-electron chi connectivity index (χ3n) is 3.64. The van der Waals surface area contributed by atoms with Gasteiger partial charge < -0.3 is 10.6 Å². The zero-order valence-corrected chi connectivity index (χ0v) is 14.0. The van der Waals surface area contributed by atoms with Crippen LogP contribution in [0.4, 0.5) is 17.5 Å². The Kier molecular flexibility index (Phi) is 5.01. The molecule has 0 saturated heterocycles. The lowest BCUT2D eigenvalue weighted by atomic mass is 10.1. The Bertz CT molecular complexity index is 785. The summed E-state index contributed by atoms with van der Waals surface area (Å²) in [5, 5.41) is 6.55. The van der Waals surface area contributed by atoms with E-state index < -0.39 is 0 Å². The Morgan fingerprint density at radius 1 is 1.00 bits per heavy atom. The predicted octanol–water partition coefficient (Wildman–Crippen LogP) is 4.10. The smallest absolute Gasteiger partial charge is 0.225 e. The highest BCUT2D eigenvalue weighted by Gasteiger charge is 2.03. The second-order valence-corrected chi connectivity index (χ2v) is 5.57. The van der Waals surface area contributed by atoms with Crippen molar-refractivity contribution in [2.75, 3.05) is 10.6 Å². The number of hydrogen-bond acceptors (Lipinski definition) is 5. The number of rotatable bonds is 6. The number of nitrogens with one attached hydrogen (secondary N) is 2. The summed E-state index contributed by atoms with van der Waals surface area (Å²) >= 11 is 0. The largest absolute Gasteiger partial charge is 0.349 e. The van der Waals surface area contributed by atoms with Crippen molar-refractivity contribution in [1.82, 2.24) is 15.0 Å². The number of aryl methyl sites for hydroxylation is 2. The highest BCUT2D eigenvalue weighted by Crippen LogP contribution is 2.18. The number of anilines is 3. The van der Waals surface area contributed by atoms with E-state index in [4.69, 9.17) is 0 Å². The Balaban J connectivity index is 1.70. The van der Waals surface area contributed by atoms with Gasteiger partial charge in [0.25, 0.3) is 0 Å². The van der Waals surface area contributed by atoms with E-state index >= 15 is 0 Å². The molecule has 24 heavy (non-hydrogen) atoms. The molecule has 0 saturated carbocycles. The van der Waals surface area contributed by atoms with E-state index in [2.05, 4.69) is 56.8 Å². The average Bonchev–Trinajstić information content (AvgIpc) is 2.61. The topological polar surface area (TPSA) is 62.7 Å². The molecular formula is C19H21N5. The van der Waals surface area contributed by atoms with Gasteiger partial charge in [-0.3, -0.25) is 4.98 Å². The molecule has 0 atom stereocenters. The first-order chi connectivity index (χ1) is 11.7. The molecule has 0 aliphatic carbocycles. The van der Waals surface area contributed by atoms with Gasteiger partial charge in [-0.25, -0.2) is 4.98 Å². The minimum Gasteiger partial charge on any atom is -0.349 e. The van der Waals surface area contributed by atoms with Gasteiger partial charge in [-0.2, -0.15) is 4.98 Å². The molecule has 0 unspecified atom stereocenters. The van der Waals surface area contributed by atoms with Gasteiger partial charge in [-0.1, -0.05) is 25.1 Å². The molecular weight excluding hydrogens is 298 g/mol. The molecule has 2 heterocycles. The molecule has 0 spiro atoms. The zero-order valence-electron chi connectivity index (χ0n) is 14.0. The first-order valence-electron chi connectivity index (χ1n) is 8.08. The molecule has 0 aliphatic heterocycles. The zero-order chi connectivity index (χ0) is 16.8. The Hall–Kier alpha value is -2.95. The van der Waals surface area contributed by atoms with Crippen LogP contribution in [0.3, 0.4) is 0 Å². The second-order valence-electron chi connectivity index (χ2n) is 5.57. The maximum atomic E-state index is 4.53. The van der Waals surface area contributed by atoms with Crippen LogP contribution in [0.2, 0.25) is 0 Å². The van der Waals surface area contributed by atoms with Crippen molar-refractivity contribution in [1.29, 1.82) is 0 Å². The number of pyridine rings is 1. The standard InChI is InChI=1S/C19H21N5/c1-3-15-7-9-16(10-8-15)23-18-12-14(2)22-19(24-18)21-13-17-6-4-5-11-20-17/h4-12H,3,13H2,1-2H3,(H2,21,22,23,24). The van der Waals surface area contributed by atoms with E-state index in [0.717, 1.165) is 29.3 Å². The number of aromatic nitrogens is 3. The van der Waals surface area contributed by atoms with E-state index in [0.29, 0.717) is 12.5 Å². The normalized spacial score (nSPS) is 10.4. The molecule has 0 radical (unpaired) electrons. The van der Waals surface area contributed by atoms with Crippen molar-refractivity contribution in [2.45, 2.75) is 26.8 Å². The highest BCUT2D eigenvalue weighted by molar-refractivity contribution is 5.57. The molecule has 5 heteroatoms. The summed E-state index contributed by atoms with van der Waals surface area (Å²) in [5.41, 5.74) is 4.19.